The number of benzene rings is 1. The topological polar surface area (TPSA) is 25.2 Å². The highest BCUT2D eigenvalue weighted by molar-refractivity contribution is 9.10. The first kappa shape index (κ1) is 15.5. The van der Waals surface area contributed by atoms with Crippen LogP contribution in [0.1, 0.15) is 30.7 Å². The van der Waals surface area contributed by atoms with Crippen molar-refractivity contribution in [1.29, 1.82) is 0 Å². The van der Waals surface area contributed by atoms with Crippen molar-refractivity contribution >= 4 is 27.5 Å². The Labute approximate surface area is 131 Å². The van der Waals surface area contributed by atoms with E-state index in [1.54, 1.807) is 12.1 Å². The number of halogens is 3. The van der Waals surface area contributed by atoms with Crippen LogP contribution in [-0.4, -0.2) is 6.54 Å². The molecule has 0 spiro atoms. The zero-order chi connectivity index (χ0) is 14.5. The lowest BCUT2D eigenvalue weighted by Crippen LogP contribution is -2.24. The lowest BCUT2D eigenvalue weighted by atomic mass is 10.0. The molecule has 2 rings (SSSR count). The zero-order valence-electron chi connectivity index (χ0n) is 11.1. The van der Waals surface area contributed by atoms with E-state index in [1.807, 2.05) is 12.1 Å². The van der Waals surface area contributed by atoms with Crippen molar-refractivity contribution in [3.63, 3.8) is 0 Å². The van der Waals surface area contributed by atoms with E-state index in [2.05, 4.69) is 28.2 Å². The standard InChI is InChI=1S/C15H16BrClFNO/c1-2-7-19-13(14-5-6-15(17)20-14)8-10-3-4-11(16)9-12(10)18/h3-6,9,13,19H,2,7-8H2,1H3. The fourth-order valence-electron chi connectivity index (χ4n) is 2.01. The van der Waals surface area contributed by atoms with Gasteiger partial charge >= 0.3 is 0 Å². The van der Waals surface area contributed by atoms with E-state index < -0.39 is 0 Å². The van der Waals surface area contributed by atoms with Gasteiger partial charge in [0.2, 0.25) is 0 Å². The summed E-state index contributed by atoms with van der Waals surface area (Å²) in [4.78, 5) is 0. The minimum atomic E-state index is -0.222. The van der Waals surface area contributed by atoms with Crippen molar-refractivity contribution in [2.75, 3.05) is 6.54 Å². The van der Waals surface area contributed by atoms with Crippen molar-refractivity contribution in [1.82, 2.24) is 5.32 Å². The van der Waals surface area contributed by atoms with Crippen LogP contribution in [-0.2, 0) is 6.42 Å². The molecule has 0 radical (unpaired) electrons. The van der Waals surface area contributed by atoms with Crippen LogP contribution in [0.4, 0.5) is 4.39 Å². The van der Waals surface area contributed by atoms with Gasteiger partial charge in [0, 0.05) is 4.47 Å². The van der Waals surface area contributed by atoms with Crippen molar-refractivity contribution < 1.29 is 8.81 Å². The summed E-state index contributed by atoms with van der Waals surface area (Å²) in [5, 5.41) is 3.71. The average molecular weight is 361 g/mol. The van der Waals surface area contributed by atoms with Gasteiger partial charge in [-0.3, -0.25) is 0 Å². The highest BCUT2D eigenvalue weighted by Crippen LogP contribution is 2.25. The Morgan fingerprint density at radius 1 is 1.35 bits per heavy atom. The lowest BCUT2D eigenvalue weighted by molar-refractivity contribution is 0.407. The Morgan fingerprint density at radius 2 is 2.15 bits per heavy atom. The second kappa shape index (κ2) is 7.25. The van der Waals surface area contributed by atoms with E-state index in [4.69, 9.17) is 16.0 Å². The molecular weight excluding hydrogens is 345 g/mol. The first-order chi connectivity index (χ1) is 9.60. The number of rotatable bonds is 6. The molecule has 5 heteroatoms. The molecule has 0 aliphatic rings. The molecule has 0 saturated heterocycles. The van der Waals surface area contributed by atoms with Crippen LogP contribution in [0.5, 0.6) is 0 Å². The van der Waals surface area contributed by atoms with Gasteiger partial charge in [-0.2, -0.15) is 0 Å². The van der Waals surface area contributed by atoms with E-state index in [1.165, 1.54) is 6.07 Å². The molecule has 2 nitrogen and oxygen atoms in total. The van der Waals surface area contributed by atoms with Crippen LogP contribution in [0.25, 0.3) is 0 Å². The van der Waals surface area contributed by atoms with E-state index in [0.717, 1.165) is 23.2 Å². The second-order valence-corrected chi connectivity index (χ2v) is 5.88. The summed E-state index contributed by atoms with van der Waals surface area (Å²) in [6.45, 7) is 2.92. The Morgan fingerprint density at radius 3 is 2.75 bits per heavy atom. The molecule has 20 heavy (non-hydrogen) atoms. The highest BCUT2D eigenvalue weighted by atomic mass is 79.9. The molecule has 1 unspecified atom stereocenters. The molecule has 108 valence electrons. The highest BCUT2D eigenvalue weighted by Gasteiger charge is 2.17. The van der Waals surface area contributed by atoms with Gasteiger partial charge in [-0.1, -0.05) is 28.9 Å². The number of hydrogen-bond donors (Lipinski definition) is 1. The summed E-state index contributed by atoms with van der Waals surface area (Å²) in [5.74, 6) is 0.506. The predicted octanol–water partition coefficient (Wildman–Crippen LogP) is 5.12. The van der Waals surface area contributed by atoms with Gasteiger partial charge in [-0.15, -0.1) is 0 Å². The van der Waals surface area contributed by atoms with Gasteiger partial charge in [0.1, 0.15) is 11.6 Å². The molecule has 0 bridgehead atoms. The van der Waals surface area contributed by atoms with Crippen LogP contribution in [0.3, 0.4) is 0 Å². The molecule has 1 atom stereocenters. The van der Waals surface area contributed by atoms with Crippen molar-refractivity contribution in [3.8, 4) is 0 Å². The van der Waals surface area contributed by atoms with Gasteiger partial charge in [0.25, 0.3) is 0 Å². The van der Waals surface area contributed by atoms with Gasteiger partial charge in [-0.25, -0.2) is 4.39 Å². The summed E-state index contributed by atoms with van der Waals surface area (Å²) in [7, 11) is 0. The van der Waals surface area contributed by atoms with Crippen LogP contribution < -0.4 is 5.32 Å². The molecular formula is C15H16BrClFNO. The molecule has 0 aliphatic carbocycles. The summed E-state index contributed by atoms with van der Waals surface area (Å²) in [6.07, 6.45) is 1.51. The van der Waals surface area contributed by atoms with E-state index in [9.17, 15) is 4.39 Å². The minimum absolute atomic E-state index is 0.0851. The summed E-state index contributed by atoms with van der Waals surface area (Å²) in [5.41, 5.74) is 0.648. The predicted molar refractivity (Wildman–Crippen MR) is 82.6 cm³/mol. The summed E-state index contributed by atoms with van der Waals surface area (Å²) in [6, 6.07) is 8.54. The van der Waals surface area contributed by atoms with Crippen LogP contribution >= 0.6 is 27.5 Å². The van der Waals surface area contributed by atoms with Crippen LogP contribution in [0.2, 0.25) is 5.22 Å². The normalized spacial score (nSPS) is 12.6. The van der Waals surface area contributed by atoms with Crippen LogP contribution in [0.15, 0.2) is 39.2 Å². The molecule has 0 amide bonds. The number of furan rings is 1. The Balaban J connectivity index is 2.18. The van der Waals surface area contributed by atoms with Crippen molar-refractivity contribution in [2.45, 2.75) is 25.8 Å². The molecule has 2 aromatic rings. The Kier molecular flexibility index (Phi) is 5.64. The monoisotopic (exact) mass is 359 g/mol. The maximum absolute atomic E-state index is 13.9. The fourth-order valence-corrected chi connectivity index (χ4v) is 2.50. The Hall–Kier alpha value is -0.840. The van der Waals surface area contributed by atoms with Gasteiger partial charge in [-0.05, 0) is 60.8 Å². The van der Waals surface area contributed by atoms with Crippen LogP contribution in [0, 0.1) is 5.82 Å². The van der Waals surface area contributed by atoms with Crippen molar-refractivity contribution in [2.24, 2.45) is 0 Å². The quantitative estimate of drug-likeness (QED) is 0.773. The van der Waals surface area contributed by atoms with Gasteiger partial charge in [0.05, 0.1) is 6.04 Å². The fraction of sp³-hybridized carbons (Fsp3) is 0.333. The number of nitrogens with one attached hydrogen (secondary N) is 1. The van der Waals surface area contributed by atoms with Gasteiger partial charge in [0.15, 0.2) is 5.22 Å². The molecule has 1 N–H and O–H groups in total. The third-order valence-corrected chi connectivity index (χ3v) is 3.71. The maximum atomic E-state index is 13.9. The molecule has 1 aromatic heterocycles. The lowest BCUT2D eigenvalue weighted by Gasteiger charge is -2.17. The molecule has 1 heterocycles. The molecule has 1 aromatic carbocycles. The number of hydrogen-bond acceptors (Lipinski definition) is 2. The van der Waals surface area contributed by atoms with E-state index in [0.29, 0.717) is 17.2 Å². The van der Waals surface area contributed by atoms with E-state index in [-0.39, 0.29) is 11.9 Å². The van der Waals surface area contributed by atoms with Crippen molar-refractivity contribution in [3.05, 3.63) is 57.2 Å². The summed E-state index contributed by atoms with van der Waals surface area (Å²) < 4.78 is 20.1. The minimum Gasteiger partial charge on any atom is -0.448 e. The smallest absolute Gasteiger partial charge is 0.193 e. The average Bonchev–Trinajstić information content (AvgIpc) is 2.83. The first-order valence-electron chi connectivity index (χ1n) is 6.52. The first-order valence-corrected chi connectivity index (χ1v) is 7.69. The third kappa shape index (κ3) is 4.08. The largest absolute Gasteiger partial charge is 0.448 e. The molecule has 0 saturated carbocycles. The third-order valence-electron chi connectivity index (χ3n) is 3.02. The van der Waals surface area contributed by atoms with E-state index >= 15 is 0 Å². The Bertz CT molecular complexity index is 573. The molecule has 0 fully saturated rings. The summed E-state index contributed by atoms with van der Waals surface area (Å²) >= 11 is 9.08. The van der Waals surface area contributed by atoms with Gasteiger partial charge < -0.3 is 9.73 Å². The zero-order valence-corrected chi connectivity index (χ0v) is 13.5. The second-order valence-electron chi connectivity index (χ2n) is 4.59. The maximum Gasteiger partial charge on any atom is 0.193 e. The SMILES string of the molecule is CCCNC(Cc1ccc(Br)cc1F)c1ccc(Cl)o1. The molecule has 0 aliphatic heterocycles.